The predicted molar refractivity (Wildman–Crippen MR) is 118 cm³/mol. The Morgan fingerprint density at radius 3 is 2.47 bits per heavy atom. The highest BCUT2D eigenvalue weighted by Gasteiger charge is 2.27. The monoisotopic (exact) mass is 473 g/mol. The van der Waals surface area contributed by atoms with Gasteiger partial charge in [-0.3, -0.25) is 0 Å². The van der Waals surface area contributed by atoms with Crippen LogP contribution in [-0.4, -0.2) is 38.2 Å². The summed E-state index contributed by atoms with van der Waals surface area (Å²) in [5, 5.41) is 12.2. The van der Waals surface area contributed by atoms with Gasteiger partial charge in [-0.2, -0.15) is 0 Å². The molecule has 3 rings (SSSR count). The normalized spacial score (nSPS) is 12.6. The first kappa shape index (κ1) is 21.8. The second-order valence-electron chi connectivity index (χ2n) is 8.09. The van der Waals surface area contributed by atoms with E-state index in [4.69, 9.17) is 9.72 Å². The van der Waals surface area contributed by atoms with Crippen LogP contribution in [0.25, 0.3) is 16.9 Å². The minimum atomic E-state index is -1.18. The van der Waals surface area contributed by atoms with E-state index in [0.29, 0.717) is 17.0 Å². The van der Waals surface area contributed by atoms with Crippen molar-refractivity contribution in [3.8, 4) is 11.3 Å². The van der Waals surface area contributed by atoms with Crippen LogP contribution < -0.4 is 5.32 Å². The molecule has 1 unspecified atom stereocenters. The average molecular weight is 474 g/mol. The largest absolute Gasteiger partial charge is 0.480 e. The van der Waals surface area contributed by atoms with Crippen LogP contribution >= 0.6 is 15.9 Å². The summed E-state index contributed by atoms with van der Waals surface area (Å²) in [5.41, 5.74) is 3.29. The molecule has 0 aliphatic heterocycles. The quantitative estimate of drug-likeness (QED) is 0.564. The maximum Gasteiger partial charge on any atom is 0.408 e. The summed E-state index contributed by atoms with van der Waals surface area (Å²) < 4.78 is 7.90. The first-order valence-corrected chi connectivity index (χ1v) is 10.3. The number of hydrogen-bond donors (Lipinski definition) is 2. The molecule has 1 amide bonds. The Morgan fingerprint density at radius 1 is 1.20 bits per heavy atom. The molecule has 158 valence electrons. The van der Waals surface area contributed by atoms with Crippen LogP contribution in [0, 0.1) is 6.92 Å². The third kappa shape index (κ3) is 5.18. The number of alkyl carbamates (subject to hydrolysis) is 1. The van der Waals surface area contributed by atoms with Crippen molar-refractivity contribution in [3.63, 3.8) is 0 Å². The van der Waals surface area contributed by atoms with E-state index in [0.717, 1.165) is 15.6 Å². The fraction of sp³-hybridized carbons (Fsp3) is 0.318. The zero-order valence-corrected chi connectivity index (χ0v) is 18.9. The van der Waals surface area contributed by atoms with Gasteiger partial charge in [0.1, 0.15) is 17.3 Å². The molecule has 0 spiro atoms. The van der Waals surface area contributed by atoms with Gasteiger partial charge in [0, 0.05) is 22.7 Å². The number of imidazole rings is 1. The molecule has 0 radical (unpaired) electrons. The van der Waals surface area contributed by atoms with Crippen molar-refractivity contribution < 1.29 is 19.4 Å². The number of carbonyl (C=O) groups is 2. The van der Waals surface area contributed by atoms with Crippen LogP contribution in [0.15, 0.2) is 47.1 Å². The van der Waals surface area contributed by atoms with Gasteiger partial charge in [0.25, 0.3) is 0 Å². The minimum absolute atomic E-state index is 0.0371. The zero-order valence-electron chi connectivity index (χ0n) is 17.3. The molecular formula is C22H24BrN3O4. The molecule has 8 heteroatoms. The number of ether oxygens (including phenoxy) is 1. The Hall–Kier alpha value is -2.87. The first-order valence-electron chi connectivity index (χ1n) is 9.49. The molecule has 0 bridgehead atoms. The lowest BCUT2D eigenvalue weighted by atomic mass is 10.0. The molecule has 0 saturated heterocycles. The SMILES string of the molecule is Cc1ccc(-c2nc3ccc(Br)cn3c2CC(NC(=O)OC(C)(C)C)C(=O)O)cc1. The van der Waals surface area contributed by atoms with E-state index in [-0.39, 0.29) is 6.42 Å². The number of nitrogens with zero attached hydrogens (tertiary/aromatic N) is 2. The highest BCUT2D eigenvalue weighted by molar-refractivity contribution is 9.10. The van der Waals surface area contributed by atoms with Gasteiger partial charge in [0.15, 0.2) is 0 Å². The first-order chi connectivity index (χ1) is 14.0. The third-order valence-corrected chi connectivity index (χ3v) is 4.86. The van der Waals surface area contributed by atoms with E-state index in [1.807, 2.05) is 53.9 Å². The highest BCUT2D eigenvalue weighted by Crippen LogP contribution is 2.27. The number of carboxylic acids is 1. The fourth-order valence-electron chi connectivity index (χ4n) is 3.05. The van der Waals surface area contributed by atoms with E-state index >= 15 is 0 Å². The molecule has 2 aromatic heterocycles. The average Bonchev–Trinajstić information content (AvgIpc) is 2.98. The standard InChI is InChI=1S/C22H24BrN3O4/c1-13-5-7-14(8-6-13)19-17(26-12-15(23)9-10-18(26)25-19)11-16(20(27)28)24-21(29)30-22(2,3)4/h5-10,12,16H,11H2,1-4H3,(H,24,29)(H,27,28). The Morgan fingerprint density at radius 2 is 1.87 bits per heavy atom. The summed E-state index contributed by atoms with van der Waals surface area (Å²) in [6.45, 7) is 7.16. The van der Waals surface area contributed by atoms with Crippen molar-refractivity contribution in [2.75, 3.05) is 0 Å². The number of benzene rings is 1. The number of aliphatic carboxylic acids is 1. The summed E-state index contributed by atoms with van der Waals surface area (Å²) in [6.07, 6.45) is 1.10. The van der Waals surface area contributed by atoms with Crippen molar-refractivity contribution in [1.82, 2.24) is 14.7 Å². The Labute approximate surface area is 183 Å². The van der Waals surface area contributed by atoms with Gasteiger partial charge in [-0.1, -0.05) is 29.8 Å². The van der Waals surface area contributed by atoms with Crippen molar-refractivity contribution in [3.05, 3.63) is 58.3 Å². The van der Waals surface area contributed by atoms with E-state index in [2.05, 4.69) is 21.2 Å². The number of halogens is 1. The molecular weight excluding hydrogens is 450 g/mol. The van der Waals surface area contributed by atoms with Crippen LogP contribution in [0.5, 0.6) is 0 Å². The Kier molecular flexibility index (Phi) is 6.17. The van der Waals surface area contributed by atoms with Crippen molar-refractivity contribution in [1.29, 1.82) is 0 Å². The minimum Gasteiger partial charge on any atom is -0.480 e. The number of hydrogen-bond acceptors (Lipinski definition) is 4. The van der Waals surface area contributed by atoms with E-state index in [1.54, 1.807) is 20.8 Å². The molecule has 1 aromatic carbocycles. The number of pyridine rings is 1. The number of carboxylic acid groups (broad SMARTS) is 1. The predicted octanol–water partition coefficient (Wildman–Crippen LogP) is 4.59. The number of nitrogens with one attached hydrogen (secondary N) is 1. The van der Waals surface area contributed by atoms with E-state index in [1.165, 1.54) is 0 Å². The second-order valence-corrected chi connectivity index (χ2v) is 9.01. The molecule has 0 aliphatic rings. The molecule has 0 fully saturated rings. The molecule has 0 aliphatic carbocycles. The van der Waals surface area contributed by atoms with Gasteiger partial charge < -0.3 is 19.6 Å². The fourth-order valence-corrected chi connectivity index (χ4v) is 3.39. The van der Waals surface area contributed by atoms with E-state index < -0.39 is 23.7 Å². The third-order valence-electron chi connectivity index (χ3n) is 4.39. The summed E-state index contributed by atoms with van der Waals surface area (Å²) in [6, 6.07) is 10.4. The van der Waals surface area contributed by atoms with Crippen LogP contribution in [0.3, 0.4) is 0 Å². The molecule has 2 heterocycles. The molecule has 30 heavy (non-hydrogen) atoms. The molecule has 0 saturated carbocycles. The lowest BCUT2D eigenvalue weighted by molar-refractivity contribution is -0.139. The summed E-state index contributed by atoms with van der Waals surface area (Å²) >= 11 is 3.46. The topological polar surface area (TPSA) is 92.9 Å². The number of aryl methyl sites for hydroxylation is 1. The Balaban J connectivity index is 2.02. The number of rotatable bonds is 5. The maximum atomic E-state index is 12.2. The molecule has 1 atom stereocenters. The van der Waals surface area contributed by atoms with Crippen molar-refractivity contribution in [2.45, 2.75) is 45.8 Å². The van der Waals surface area contributed by atoms with Crippen molar-refractivity contribution in [2.24, 2.45) is 0 Å². The molecule has 3 aromatic rings. The number of carbonyl (C=O) groups excluding carboxylic acids is 1. The Bertz CT molecular complexity index is 1080. The van der Waals surface area contributed by atoms with Crippen LogP contribution in [0.4, 0.5) is 4.79 Å². The molecule has 7 nitrogen and oxygen atoms in total. The smallest absolute Gasteiger partial charge is 0.408 e. The van der Waals surface area contributed by atoms with Gasteiger partial charge in [-0.15, -0.1) is 0 Å². The summed E-state index contributed by atoms with van der Waals surface area (Å²) in [4.78, 5) is 28.8. The maximum absolute atomic E-state index is 12.2. The van der Waals surface area contributed by atoms with Gasteiger partial charge in [-0.25, -0.2) is 14.6 Å². The van der Waals surface area contributed by atoms with Gasteiger partial charge in [0.2, 0.25) is 0 Å². The zero-order chi connectivity index (χ0) is 22.1. The van der Waals surface area contributed by atoms with Crippen molar-refractivity contribution >= 4 is 33.6 Å². The number of amides is 1. The van der Waals surface area contributed by atoms with Gasteiger partial charge in [-0.05, 0) is 55.8 Å². The van der Waals surface area contributed by atoms with Crippen LogP contribution in [0.2, 0.25) is 0 Å². The highest BCUT2D eigenvalue weighted by atomic mass is 79.9. The lowest BCUT2D eigenvalue weighted by Gasteiger charge is -2.22. The second kappa shape index (κ2) is 8.47. The number of fused-ring (bicyclic) bond motifs is 1. The summed E-state index contributed by atoms with van der Waals surface area (Å²) in [7, 11) is 0. The number of aromatic nitrogens is 2. The lowest BCUT2D eigenvalue weighted by Crippen LogP contribution is -2.44. The molecule has 2 N–H and O–H groups in total. The van der Waals surface area contributed by atoms with E-state index in [9.17, 15) is 14.7 Å². The van der Waals surface area contributed by atoms with Gasteiger partial charge >= 0.3 is 12.1 Å². The van der Waals surface area contributed by atoms with Crippen LogP contribution in [-0.2, 0) is 16.0 Å². The van der Waals surface area contributed by atoms with Gasteiger partial charge in [0.05, 0.1) is 11.4 Å². The van der Waals surface area contributed by atoms with Crippen LogP contribution in [0.1, 0.15) is 32.0 Å². The summed E-state index contributed by atoms with van der Waals surface area (Å²) in [5.74, 6) is -1.15.